The standard InChI is InChI=1S/C31H27O6P/c32-38(30-8-4-2-6-28(30)27-5-1-3-7-29(27)37-38)31(21-9-13-23(14-10-21)33-17-25-19-35-25)22-11-15-24(16-12-22)34-18-26-20-36-26/h1-16,25-26,31H,17-20H2. The molecule has 4 aromatic carbocycles. The lowest BCUT2D eigenvalue weighted by Crippen LogP contribution is -2.22. The molecular weight excluding hydrogens is 499 g/mol. The van der Waals surface area contributed by atoms with E-state index in [0.717, 1.165) is 52.3 Å². The summed E-state index contributed by atoms with van der Waals surface area (Å²) in [6, 6.07) is 31.3. The predicted molar refractivity (Wildman–Crippen MR) is 145 cm³/mol. The Morgan fingerprint density at radius 1 is 0.684 bits per heavy atom. The van der Waals surface area contributed by atoms with Crippen LogP contribution in [0.3, 0.4) is 0 Å². The fourth-order valence-corrected chi connectivity index (χ4v) is 7.80. The van der Waals surface area contributed by atoms with Crippen molar-refractivity contribution in [3.8, 4) is 28.4 Å². The van der Waals surface area contributed by atoms with E-state index in [1.165, 1.54) is 0 Å². The highest BCUT2D eigenvalue weighted by molar-refractivity contribution is 7.68. The first kappa shape index (κ1) is 23.5. The van der Waals surface area contributed by atoms with Crippen LogP contribution in [0.25, 0.3) is 11.1 Å². The highest BCUT2D eigenvalue weighted by Crippen LogP contribution is 2.65. The lowest BCUT2D eigenvalue weighted by molar-refractivity contribution is 0.263. The van der Waals surface area contributed by atoms with Crippen LogP contribution in [0.5, 0.6) is 17.2 Å². The number of rotatable bonds is 9. The third kappa shape index (κ3) is 4.60. The Balaban J connectivity index is 1.29. The first-order valence-corrected chi connectivity index (χ1v) is 14.5. The van der Waals surface area contributed by atoms with Crippen molar-refractivity contribution in [1.29, 1.82) is 0 Å². The molecule has 4 aromatic rings. The number of hydrogen-bond acceptors (Lipinski definition) is 6. The van der Waals surface area contributed by atoms with Gasteiger partial charge in [-0.05, 0) is 53.1 Å². The van der Waals surface area contributed by atoms with Gasteiger partial charge in [-0.3, -0.25) is 4.57 Å². The molecule has 0 saturated carbocycles. The smallest absolute Gasteiger partial charge is 0.289 e. The van der Waals surface area contributed by atoms with E-state index in [1.54, 1.807) is 0 Å². The van der Waals surface area contributed by atoms with E-state index in [0.29, 0.717) is 19.0 Å². The largest absolute Gasteiger partial charge is 0.491 e. The Kier molecular flexibility index (Phi) is 5.96. The van der Waals surface area contributed by atoms with Crippen LogP contribution in [0.15, 0.2) is 97.1 Å². The maximum Gasteiger partial charge on any atom is 0.289 e. The Hall–Kier alpha value is -3.57. The number of hydrogen-bond donors (Lipinski definition) is 0. The molecular formula is C31H27O6P. The molecule has 3 atom stereocenters. The topological polar surface area (TPSA) is 69.8 Å². The summed E-state index contributed by atoms with van der Waals surface area (Å²) < 4.78 is 44.0. The number of fused-ring (bicyclic) bond motifs is 3. The average Bonchev–Trinajstić information content (AvgIpc) is 3.88. The molecule has 0 N–H and O–H groups in total. The summed E-state index contributed by atoms with van der Waals surface area (Å²) in [4.78, 5) is 0. The van der Waals surface area contributed by atoms with Crippen molar-refractivity contribution in [3.63, 3.8) is 0 Å². The summed E-state index contributed by atoms with van der Waals surface area (Å²) in [7, 11) is -3.48. The lowest BCUT2D eigenvalue weighted by atomic mass is 10.0. The van der Waals surface area contributed by atoms with Gasteiger partial charge in [-0.1, -0.05) is 60.7 Å². The van der Waals surface area contributed by atoms with E-state index < -0.39 is 13.0 Å². The van der Waals surface area contributed by atoms with Gasteiger partial charge in [0.1, 0.15) is 48.3 Å². The monoisotopic (exact) mass is 526 g/mol. The first-order valence-electron chi connectivity index (χ1n) is 12.8. The molecule has 3 aliphatic heterocycles. The van der Waals surface area contributed by atoms with Crippen molar-refractivity contribution in [1.82, 2.24) is 0 Å². The van der Waals surface area contributed by atoms with Crippen LogP contribution in [-0.4, -0.2) is 38.6 Å². The van der Waals surface area contributed by atoms with Gasteiger partial charge in [0, 0.05) is 5.56 Å². The van der Waals surface area contributed by atoms with Crippen LogP contribution >= 0.6 is 7.37 Å². The number of benzene rings is 4. The summed E-state index contributed by atoms with van der Waals surface area (Å²) in [5, 5.41) is 0.723. The van der Waals surface area contributed by atoms with E-state index in [4.69, 9.17) is 23.5 Å². The summed E-state index contributed by atoms with van der Waals surface area (Å²) in [6.45, 7) is 2.55. The summed E-state index contributed by atoms with van der Waals surface area (Å²) in [6.07, 6.45) is 0.357. The highest BCUT2D eigenvalue weighted by Gasteiger charge is 2.44. The van der Waals surface area contributed by atoms with E-state index in [9.17, 15) is 0 Å². The predicted octanol–water partition coefficient (Wildman–Crippen LogP) is 5.99. The van der Waals surface area contributed by atoms with Gasteiger partial charge in [0.05, 0.1) is 18.5 Å². The van der Waals surface area contributed by atoms with Crippen molar-refractivity contribution in [2.45, 2.75) is 17.9 Å². The van der Waals surface area contributed by atoms with Gasteiger partial charge in [0.25, 0.3) is 7.37 Å². The Morgan fingerprint density at radius 2 is 1.18 bits per heavy atom. The van der Waals surface area contributed by atoms with Crippen molar-refractivity contribution in [2.24, 2.45) is 0 Å². The fourth-order valence-electron chi connectivity index (χ4n) is 4.91. The minimum absolute atomic E-state index is 0.178. The molecule has 2 fully saturated rings. The zero-order valence-corrected chi connectivity index (χ0v) is 21.6. The Morgan fingerprint density at radius 3 is 1.74 bits per heavy atom. The van der Waals surface area contributed by atoms with Crippen LogP contribution in [0, 0.1) is 0 Å². The first-order chi connectivity index (χ1) is 18.7. The van der Waals surface area contributed by atoms with E-state index in [1.807, 2.05) is 97.1 Å². The van der Waals surface area contributed by atoms with Gasteiger partial charge in [-0.25, -0.2) is 0 Å². The Bertz CT molecular complexity index is 1430. The molecule has 3 aliphatic rings. The zero-order valence-electron chi connectivity index (χ0n) is 20.7. The third-order valence-electron chi connectivity index (χ3n) is 7.06. The van der Waals surface area contributed by atoms with Crippen molar-refractivity contribution in [3.05, 3.63) is 108 Å². The van der Waals surface area contributed by atoms with E-state index >= 15 is 4.57 Å². The van der Waals surface area contributed by atoms with Gasteiger partial charge in [0.15, 0.2) is 0 Å². The fraction of sp³-hybridized carbons (Fsp3) is 0.226. The van der Waals surface area contributed by atoms with Crippen LogP contribution in [0.1, 0.15) is 16.8 Å². The number of epoxide rings is 2. The van der Waals surface area contributed by atoms with Gasteiger partial charge >= 0.3 is 0 Å². The third-order valence-corrected chi connectivity index (χ3v) is 9.86. The minimum Gasteiger partial charge on any atom is -0.491 e. The van der Waals surface area contributed by atoms with E-state index in [-0.39, 0.29) is 12.2 Å². The maximum absolute atomic E-state index is 15.2. The van der Waals surface area contributed by atoms with Gasteiger partial charge in [0.2, 0.25) is 0 Å². The van der Waals surface area contributed by atoms with Crippen molar-refractivity contribution >= 4 is 12.7 Å². The molecule has 0 radical (unpaired) electrons. The number of para-hydroxylation sites is 1. The number of ether oxygens (including phenoxy) is 4. The molecule has 0 aromatic heterocycles. The summed E-state index contributed by atoms with van der Waals surface area (Å²) in [5.74, 6) is 2.14. The molecule has 0 bridgehead atoms. The summed E-state index contributed by atoms with van der Waals surface area (Å²) >= 11 is 0. The molecule has 0 aliphatic carbocycles. The van der Waals surface area contributed by atoms with Crippen molar-refractivity contribution in [2.75, 3.05) is 26.4 Å². The molecule has 3 unspecified atom stereocenters. The molecule has 3 heterocycles. The van der Waals surface area contributed by atoms with Crippen LogP contribution in [-0.2, 0) is 14.0 Å². The molecule has 38 heavy (non-hydrogen) atoms. The second kappa shape index (κ2) is 9.63. The molecule has 0 amide bonds. The minimum atomic E-state index is -3.48. The maximum atomic E-state index is 15.2. The zero-order chi connectivity index (χ0) is 25.5. The molecule has 6 nitrogen and oxygen atoms in total. The average molecular weight is 527 g/mol. The second-order valence-corrected chi connectivity index (χ2v) is 12.1. The van der Waals surface area contributed by atoms with Gasteiger partial charge in [-0.2, -0.15) is 0 Å². The second-order valence-electron chi connectivity index (χ2n) is 9.77. The molecule has 0 spiro atoms. The molecule has 2 saturated heterocycles. The van der Waals surface area contributed by atoms with E-state index in [2.05, 4.69) is 0 Å². The Labute approximate surface area is 221 Å². The lowest BCUT2D eigenvalue weighted by Gasteiger charge is -2.34. The van der Waals surface area contributed by atoms with Gasteiger partial charge in [-0.15, -0.1) is 0 Å². The van der Waals surface area contributed by atoms with Gasteiger partial charge < -0.3 is 23.5 Å². The quantitative estimate of drug-likeness (QED) is 0.197. The van der Waals surface area contributed by atoms with Crippen LogP contribution in [0.4, 0.5) is 0 Å². The highest BCUT2D eigenvalue weighted by atomic mass is 31.2. The SMILES string of the molecule is O=P1(C(c2ccc(OCC3CO3)cc2)c2ccc(OCC3CO3)cc2)Oc2ccccc2-c2ccccc21. The molecule has 7 heteroatoms. The molecule has 7 rings (SSSR count). The summed E-state index contributed by atoms with van der Waals surface area (Å²) in [5.41, 5.74) is 3.13. The normalized spacial score (nSPS) is 23.4. The van der Waals surface area contributed by atoms with Crippen LogP contribution in [0.2, 0.25) is 0 Å². The van der Waals surface area contributed by atoms with Crippen molar-refractivity contribution < 1.29 is 28.0 Å². The van der Waals surface area contributed by atoms with Crippen LogP contribution < -0.4 is 19.3 Å². The molecule has 192 valence electrons.